The second-order valence-corrected chi connectivity index (χ2v) is 9.39. The second-order valence-electron chi connectivity index (χ2n) is 9.39. The van der Waals surface area contributed by atoms with Crippen LogP contribution in [0.3, 0.4) is 0 Å². The largest absolute Gasteiger partial charge is 0.469 e. The average Bonchev–Trinajstić information content (AvgIpc) is 2.72. The minimum atomic E-state index is -0.611. The number of carbonyl (C=O) groups is 2. The van der Waals surface area contributed by atoms with Crippen molar-refractivity contribution >= 4 is 11.9 Å². The number of hydrogen-bond acceptors (Lipinski definition) is 5. The van der Waals surface area contributed by atoms with E-state index in [1.165, 1.54) is 27.1 Å². The van der Waals surface area contributed by atoms with Crippen LogP contribution in [0.25, 0.3) is 0 Å². The Kier molecular flexibility index (Phi) is 19.4. The van der Waals surface area contributed by atoms with E-state index in [-0.39, 0.29) is 59.7 Å². The fourth-order valence-corrected chi connectivity index (χ4v) is 4.69. The first kappa shape index (κ1) is 35.2. The number of ether oxygens (including phenoxy) is 2. The molecule has 31 heavy (non-hydrogen) atoms. The van der Waals surface area contributed by atoms with Gasteiger partial charge in [0.25, 0.3) is 0 Å². The van der Waals surface area contributed by atoms with Gasteiger partial charge in [-0.1, -0.05) is 35.1 Å². The van der Waals surface area contributed by atoms with Crippen LogP contribution in [-0.4, -0.2) is 37.9 Å². The third-order valence-electron chi connectivity index (χ3n) is 7.10. The first-order valence-electron chi connectivity index (χ1n) is 11.0. The minimum Gasteiger partial charge on any atom is -0.469 e. The van der Waals surface area contributed by atoms with Crippen molar-refractivity contribution in [2.45, 2.75) is 86.5 Å². The van der Waals surface area contributed by atoms with Gasteiger partial charge >= 0.3 is 11.9 Å². The van der Waals surface area contributed by atoms with Crippen LogP contribution < -0.4 is 0 Å². The van der Waals surface area contributed by atoms with Gasteiger partial charge < -0.3 is 22.0 Å². The quantitative estimate of drug-likeness (QED) is 0.278. The Hall–Kier alpha value is -0.438. The van der Waals surface area contributed by atoms with Crippen LogP contribution in [0.1, 0.15) is 86.5 Å². The molecule has 0 atom stereocenters. The van der Waals surface area contributed by atoms with Crippen molar-refractivity contribution in [2.24, 2.45) is 35.0 Å². The Morgan fingerprint density at radius 2 is 1.29 bits per heavy atom. The van der Waals surface area contributed by atoms with E-state index in [4.69, 9.17) is 9.47 Å². The van der Waals surface area contributed by atoms with Gasteiger partial charge in [-0.3, -0.25) is 9.59 Å². The van der Waals surface area contributed by atoms with E-state index in [1.807, 2.05) is 0 Å². The van der Waals surface area contributed by atoms with E-state index < -0.39 is 5.41 Å². The molecule has 0 spiro atoms. The van der Waals surface area contributed by atoms with E-state index in [1.54, 1.807) is 0 Å². The van der Waals surface area contributed by atoms with E-state index in [0.717, 1.165) is 50.4 Å². The molecule has 0 heterocycles. The first-order chi connectivity index (χ1) is 13.2. The summed E-state index contributed by atoms with van der Waals surface area (Å²) in [5.41, 5.74) is -0.611. The third kappa shape index (κ3) is 10.4. The zero-order chi connectivity index (χ0) is 21.3. The molecule has 6 heteroatoms. The van der Waals surface area contributed by atoms with Gasteiger partial charge in [0, 0.05) is 20.4 Å². The minimum absolute atomic E-state index is 0. The summed E-state index contributed by atoms with van der Waals surface area (Å²) in [4.78, 5) is 22.8. The molecule has 2 fully saturated rings. The fourth-order valence-electron chi connectivity index (χ4n) is 4.69. The van der Waals surface area contributed by atoms with Gasteiger partial charge in [-0.2, -0.15) is 0 Å². The Morgan fingerprint density at radius 3 is 1.61 bits per heavy atom. The SMILES string of the molecule is C.COC(=O)C1(CO)CCC(C(C)C)CC1.COC(=O)C1CCC(C(C)C)CC1.[CH3-].[Pd]. The Morgan fingerprint density at radius 1 is 0.871 bits per heavy atom. The van der Waals surface area contributed by atoms with Crippen molar-refractivity contribution in [3.8, 4) is 0 Å². The van der Waals surface area contributed by atoms with Crippen LogP contribution in [0.15, 0.2) is 0 Å². The van der Waals surface area contributed by atoms with Crippen LogP contribution >= 0.6 is 0 Å². The summed E-state index contributed by atoms with van der Waals surface area (Å²) in [5, 5.41) is 9.37. The van der Waals surface area contributed by atoms with Gasteiger partial charge in [-0.05, 0) is 75.0 Å². The van der Waals surface area contributed by atoms with Crippen molar-refractivity contribution in [1.82, 2.24) is 0 Å². The molecule has 2 aliphatic rings. The van der Waals surface area contributed by atoms with E-state index in [9.17, 15) is 14.7 Å². The number of carbonyl (C=O) groups excluding carboxylic acids is 2. The van der Waals surface area contributed by atoms with Gasteiger partial charge in [0.15, 0.2) is 0 Å². The summed E-state index contributed by atoms with van der Waals surface area (Å²) in [5.74, 6) is 2.86. The topological polar surface area (TPSA) is 72.8 Å². The van der Waals surface area contributed by atoms with Crippen LogP contribution in [-0.2, 0) is 39.5 Å². The van der Waals surface area contributed by atoms with Crippen LogP contribution in [0.4, 0.5) is 0 Å². The molecule has 5 nitrogen and oxygen atoms in total. The zero-order valence-electron chi connectivity index (χ0n) is 20.1. The number of hydrogen-bond donors (Lipinski definition) is 1. The molecule has 0 aliphatic heterocycles. The first-order valence-corrected chi connectivity index (χ1v) is 11.0. The van der Waals surface area contributed by atoms with Gasteiger partial charge in [0.1, 0.15) is 0 Å². The Labute approximate surface area is 206 Å². The summed E-state index contributed by atoms with van der Waals surface area (Å²) >= 11 is 0. The number of methoxy groups -OCH3 is 2. The predicted octanol–water partition coefficient (Wildman–Crippen LogP) is 5.69. The normalized spacial score (nSPS) is 27.5. The summed E-state index contributed by atoms with van der Waals surface area (Å²) in [6, 6.07) is 0. The molecule has 0 aromatic rings. The van der Waals surface area contributed by atoms with Crippen molar-refractivity contribution in [1.29, 1.82) is 0 Å². The molecule has 0 aromatic heterocycles. The van der Waals surface area contributed by atoms with Crippen molar-refractivity contribution < 1.29 is 44.6 Å². The van der Waals surface area contributed by atoms with Gasteiger partial charge in [0.05, 0.1) is 32.2 Å². The standard InChI is InChI=1S/C12H22O3.C11H20O2.CH4.CH3.Pd/c1-9(2)10-4-6-12(8-13,7-5-10)11(14)15-3;1-8(2)9-4-6-10(7-5-9)11(12)13-3;;;/h9-10,13H,4-8H2,1-3H3;8-10H,4-7H2,1-3H3;1H4;1H3;/q;;;-1;. The number of esters is 2. The number of aliphatic hydroxyl groups excluding tert-OH is 1. The molecular weight excluding hydrogens is 487 g/mol. The summed E-state index contributed by atoms with van der Waals surface area (Å²) in [6.07, 6.45) is 8.00. The number of rotatable bonds is 5. The van der Waals surface area contributed by atoms with E-state index in [0.29, 0.717) is 11.8 Å². The molecule has 0 saturated heterocycles. The molecule has 0 unspecified atom stereocenters. The van der Waals surface area contributed by atoms with Crippen LogP contribution in [0.5, 0.6) is 0 Å². The summed E-state index contributed by atoms with van der Waals surface area (Å²) in [7, 11) is 2.88. The molecular formula is C25H49O5Pd-. The van der Waals surface area contributed by atoms with E-state index in [2.05, 4.69) is 27.7 Å². The molecule has 0 amide bonds. The average molecular weight is 536 g/mol. The molecule has 0 bridgehead atoms. The molecule has 190 valence electrons. The van der Waals surface area contributed by atoms with Crippen molar-refractivity contribution in [2.75, 3.05) is 20.8 Å². The molecule has 2 saturated carbocycles. The molecule has 0 radical (unpaired) electrons. The predicted molar refractivity (Wildman–Crippen MR) is 124 cm³/mol. The number of aliphatic hydroxyl groups is 1. The molecule has 2 rings (SSSR count). The second kappa shape index (κ2) is 17.1. The maximum absolute atomic E-state index is 11.6. The van der Waals surface area contributed by atoms with Crippen LogP contribution in [0.2, 0.25) is 0 Å². The zero-order valence-corrected chi connectivity index (χ0v) is 21.7. The molecule has 2 aliphatic carbocycles. The maximum Gasteiger partial charge on any atom is 0.314 e. The summed E-state index contributed by atoms with van der Waals surface area (Å²) < 4.78 is 9.53. The maximum atomic E-state index is 11.6. The smallest absolute Gasteiger partial charge is 0.314 e. The van der Waals surface area contributed by atoms with Crippen molar-refractivity contribution in [3.63, 3.8) is 0 Å². The van der Waals surface area contributed by atoms with Crippen LogP contribution in [0, 0.1) is 42.4 Å². The van der Waals surface area contributed by atoms with Gasteiger partial charge in [-0.15, -0.1) is 0 Å². The van der Waals surface area contributed by atoms with Gasteiger partial charge in [0.2, 0.25) is 0 Å². The monoisotopic (exact) mass is 535 g/mol. The molecule has 0 aromatic carbocycles. The third-order valence-corrected chi connectivity index (χ3v) is 7.10. The Balaban J connectivity index is -0.000000465. The Bertz CT molecular complexity index is 476. The molecule has 1 N–H and O–H groups in total. The fraction of sp³-hybridized carbons (Fsp3) is 0.880. The van der Waals surface area contributed by atoms with Gasteiger partial charge in [-0.25, -0.2) is 0 Å². The summed E-state index contributed by atoms with van der Waals surface area (Å²) in [6.45, 7) is 8.89. The van der Waals surface area contributed by atoms with E-state index >= 15 is 0 Å². The van der Waals surface area contributed by atoms with Crippen molar-refractivity contribution in [3.05, 3.63) is 7.43 Å².